The predicted octanol–water partition coefficient (Wildman–Crippen LogP) is 6.58. The quantitative estimate of drug-likeness (QED) is 0.288. The van der Waals surface area contributed by atoms with Gasteiger partial charge >= 0.3 is 0 Å². The molecule has 0 N–H and O–H groups in total. The van der Waals surface area contributed by atoms with Gasteiger partial charge in [-0.15, -0.1) is 0 Å². The highest BCUT2D eigenvalue weighted by Gasteiger charge is 2.17. The Morgan fingerprint density at radius 1 is 0.800 bits per heavy atom. The summed E-state index contributed by atoms with van der Waals surface area (Å²) in [5, 5.41) is 4.84. The Hall–Kier alpha value is -2.13. The lowest BCUT2D eigenvalue weighted by molar-refractivity contribution is 0.103. The van der Waals surface area contributed by atoms with Gasteiger partial charge in [0.1, 0.15) is 5.69 Å². The minimum absolute atomic E-state index is 0.152. The highest BCUT2D eigenvalue weighted by atomic mass is 35.5. The van der Waals surface area contributed by atoms with Crippen molar-refractivity contribution in [3.63, 3.8) is 0 Å². The number of hydrogen-bond acceptors (Lipinski definition) is 2. The first kappa shape index (κ1) is 16.3. The third-order valence-corrected chi connectivity index (χ3v) is 5.05. The Morgan fingerprint density at radius 2 is 1.60 bits per heavy atom. The zero-order valence-electron chi connectivity index (χ0n) is 12.8. The van der Waals surface area contributed by atoms with Crippen LogP contribution >= 0.6 is 34.8 Å². The third-order valence-electron chi connectivity index (χ3n) is 4.10. The summed E-state index contributed by atoms with van der Waals surface area (Å²) in [6, 6.07) is 16.1. The second kappa shape index (κ2) is 6.30. The molecule has 1 aromatic heterocycles. The van der Waals surface area contributed by atoms with Crippen molar-refractivity contribution in [2.45, 2.75) is 0 Å². The summed E-state index contributed by atoms with van der Waals surface area (Å²) in [5.41, 5.74) is 0.939. The van der Waals surface area contributed by atoms with Gasteiger partial charge in [-0.1, -0.05) is 46.9 Å². The fourth-order valence-corrected chi connectivity index (χ4v) is 3.45. The van der Waals surface area contributed by atoms with Crippen LogP contribution in [0.4, 0.5) is 0 Å². The molecule has 1 heterocycles. The summed E-state index contributed by atoms with van der Waals surface area (Å²) in [5.74, 6) is -0.152. The van der Waals surface area contributed by atoms with E-state index in [1.54, 1.807) is 42.6 Å². The average molecular weight is 387 g/mol. The number of pyridine rings is 1. The van der Waals surface area contributed by atoms with Gasteiger partial charge in [-0.05, 0) is 64.0 Å². The molecule has 0 amide bonds. The molecule has 4 rings (SSSR count). The van der Waals surface area contributed by atoms with Crippen molar-refractivity contribution in [3.8, 4) is 0 Å². The van der Waals surface area contributed by atoms with Gasteiger partial charge in [0.25, 0.3) is 0 Å². The van der Waals surface area contributed by atoms with Crippen LogP contribution in [0.1, 0.15) is 16.1 Å². The van der Waals surface area contributed by atoms with Gasteiger partial charge in [-0.2, -0.15) is 0 Å². The zero-order valence-corrected chi connectivity index (χ0v) is 15.0. The summed E-state index contributed by atoms with van der Waals surface area (Å²) in [6.07, 6.45) is 1.60. The standard InChI is InChI=1S/C20H10Cl3NO/c21-12-4-5-13-15(9-12)14-10-18(23)17(22)8-11(14)7-16(13)20(25)19-3-1-2-6-24-19/h1-10H. The summed E-state index contributed by atoms with van der Waals surface area (Å²) in [6.45, 7) is 0. The van der Waals surface area contributed by atoms with Crippen molar-refractivity contribution in [2.75, 3.05) is 0 Å². The Labute approximate surface area is 159 Å². The van der Waals surface area contributed by atoms with E-state index in [4.69, 9.17) is 34.8 Å². The lowest BCUT2D eigenvalue weighted by atomic mass is 9.94. The summed E-state index contributed by atoms with van der Waals surface area (Å²) >= 11 is 18.5. The van der Waals surface area contributed by atoms with Crippen LogP contribution < -0.4 is 0 Å². The number of benzene rings is 3. The van der Waals surface area contributed by atoms with Crippen LogP contribution in [0.25, 0.3) is 21.5 Å². The van der Waals surface area contributed by atoms with E-state index < -0.39 is 0 Å². The monoisotopic (exact) mass is 385 g/mol. The Balaban J connectivity index is 2.10. The smallest absolute Gasteiger partial charge is 0.211 e. The van der Waals surface area contributed by atoms with Crippen molar-refractivity contribution < 1.29 is 4.79 Å². The molecule has 0 aliphatic heterocycles. The highest BCUT2D eigenvalue weighted by molar-refractivity contribution is 6.43. The summed E-state index contributed by atoms with van der Waals surface area (Å²) in [4.78, 5) is 17.2. The molecule has 0 atom stereocenters. The predicted molar refractivity (Wildman–Crippen MR) is 104 cm³/mol. The highest BCUT2D eigenvalue weighted by Crippen LogP contribution is 2.36. The Morgan fingerprint density at radius 3 is 2.36 bits per heavy atom. The van der Waals surface area contributed by atoms with Gasteiger partial charge in [0.2, 0.25) is 5.78 Å². The number of rotatable bonds is 2. The van der Waals surface area contributed by atoms with Crippen molar-refractivity contribution in [1.29, 1.82) is 0 Å². The number of carbonyl (C=O) groups excluding carboxylic acids is 1. The summed E-state index contributed by atoms with van der Waals surface area (Å²) < 4.78 is 0. The SMILES string of the molecule is O=C(c1ccccn1)c1cc2cc(Cl)c(Cl)cc2c2cc(Cl)ccc12. The first-order valence-corrected chi connectivity index (χ1v) is 8.65. The third kappa shape index (κ3) is 2.87. The normalized spacial score (nSPS) is 11.2. The van der Waals surface area contributed by atoms with Crippen molar-refractivity contribution >= 4 is 62.1 Å². The molecule has 0 fully saturated rings. The Kier molecular flexibility index (Phi) is 4.12. The van der Waals surface area contributed by atoms with Crippen LogP contribution in [-0.4, -0.2) is 10.8 Å². The molecule has 0 saturated heterocycles. The number of halogens is 3. The lowest BCUT2D eigenvalue weighted by Crippen LogP contribution is -2.04. The molecule has 0 bridgehead atoms. The maximum atomic E-state index is 13.0. The van der Waals surface area contributed by atoms with Crippen LogP contribution in [0.2, 0.25) is 15.1 Å². The van der Waals surface area contributed by atoms with Gasteiger partial charge in [0.05, 0.1) is 10.0 Å². The fraction of sp³-hybridized carbons (Fsp3) is 0. The largest absolute Gasteiger partial charge is 0.287 e. The molecule has 5 heteroatoms. The molecule has 3 aromatic carbocycles. The number of aromatic nitrogens is 1. The van der Waals surface area contributed by atoms with Crippen LogP contribution in [-0.2, 0) is 0 Å². The first-order valence-electron chi connectivity index (χ1n) is 7.51. The first-order chi connectivity index (χ1) is 12.0. The molecule has 4 aromatic rings. The lowest BCUT2D eigenvalue weighted by Gasteiger charge is -2.11. The van der Waals surface area contributed by atoms with Crippen molar-refractivity contribution in [1.82, 2.24) is 4.98 Å². The number of fused-ring (bicyclic) bond motifs is 3. The minimum atomic E-state index is -0.152. The molecule has 0 radical (unpaired) electrons. The number of hydrogen-bond donors (Lipinski definition) is 0. The second-order valence-corrected chi connectivity index (χ2v) is 6.90. The number of ketones is 1. The van der Waals surface area contributed by atoms with E-state index in [9.17, 15) is 4.79 Å². The van der Waals surface area contributed by atoms with Gasteiger partial charge in [0.15, 0.2) is 0 Å². The van der Waals surface area contributed by atoms with Crippen molar-refractivity contribution in [3.05, 3.63) is 87.1 Å². The van der Waals surface area contributed by atoms with Crippen LogP contribution in [0.15, 0.2) is 60.8 Å². The minimum Gasteiger partial charge on any atom is -0.287 e. The average Bonchev–Trinajstić information content (AvgIpc) is 2.62. The fourth-order valence-electron chi connectivity index (χ4n) is 2.95. The molecular formula is C20H10Cl3NO. The molecule has 0 aliphatic carbocycles. The maximum absolute atomic E-state index is 13.0. The summed E-state index contributed by atoms with van der Waals surface area (Å²) in [7, 11) is 0. The van der Waals surface area contributed by atoms with Gasteiger partial charge in [-0.3, -0.25) is 9.78 Å². The molecular weight excluding hydrogens is 377 g/mol. The topological polar surface area (TPSA) is 30.0 Å². The van der Waals surface area contributed by atoms with Crippen LogP contribution in [0, 0.1) is 0 Å². The molecule has 122 valence electrons. The molecule has 0 unspecified atom stereocenters. The number of carbonyl (C=O) groups is 1. The van der Waals surface area contributed by atoms with Gasteiger partial charge in [-0.25, -0.2) is 0 Å². The molecule has 2 nitrogen and oxygen atoms in total. The van der Waals surface area contributed by atoms with Crippen LogP contribution in [0.5, 0.6) is 0 Å². The number of nitrogens with zero attached hydrogens (tertiary/aromatic N) is 1. The van der Waals surface area contributed by atoms with E-state index in [2.05, 4.69) is 4.98 Å². The van der Waals surface area contributed by atoms with E-state index in [-0.39, 0.29) is 5.78 Å². The van der Waals surface area contributed by atoms with E-state index >= 15 is 0 Å². The van der Waals surface area contributed by atoms with Crippen molar-refractivity contribution in [2.24, 2.45) is 0 Å². The van der Waals surface area contributed by atoms with E-state index in [1.807, 2.05) is 18.2 Å². The second-order valence-electron chi connectivity index (χ2n) is 5.65. The van der Waals surface area contributed by atoms with E-state index in [1.165, 1.54) is 0 Å². The van der Waals surface area contributed by atoms with E-state index in [0.717, 1.165) is 21.5 Å². The molecule has 0 spiro atoms. The maximum Gasteiger partial charge on any atom is 0.211 e. The molecule has 0 saturated carbocycles. The van der Waals surface area contributed by atoms with Crippen LogP contribution in [0.3, 0.4) is 0 Å². The Bertz CT molecular complexity index is 1140. The van der Waals surface area contributed by atoms with E-state index in [0.29, 0.717) is 26.3 Å². The molecule has 0 aliphatic rings. The van der Waals surface area contributed by atoms with Gasteiger partial charge < -0.3 is 0 Å². The van der Waals surface area contributed by atoms with Gasteiger partial charge in [0, 0.05) is 16.8 Å². The zero-order chi connectivity index (χ0) is 17.6. The molecule has 25 heavy (non-hydrogen) atoms.